The SMILES string of the molecule is C=CS(=O)(=O)Nc1ccc(Oc2ccccc2C)c(-c2cc(CC)c(=O)n(C)c2)c1. The Hall–Kier alpha value is -3.32. The van der Waals surface area contributed by atoms with Crippen molar-refractivity contribution in [3.63, 3.8) is 0 Å². The monoisotopic (exact) mass is 424 g/mol. The first-order chi connectivity index (χ1) is 14.2. The molecule has 30 heavy (non-hydrogen) atoms. The van der Waals surface area contributed by atoms with Crippen LogP contribution in [0.3, 0.4) is 0 Å². The van der Waals surface area contributed by atoms with Crippen molar-refractivity contribution in [1.82, 2.24) is 4.57 Å². The average molecular weight is 425 g/mol. The van der Waals surface area contributed by atoms with E-state index < -0.39 is 10.0 Å². The van der Waals surface area contributed by atoms with Crippen LogP contribution in [0.2, 0.25) is 0 Å². The third-order valence-corrected chi connectivity index (χ3v) is 5.68. The van der Waals surface area contributed by atoms with Crippen molar-refractivity contribution in [3.05, 3.63) is 88.2 Å². The molecule has 1 heterocycles. The van der Waals surface area contributed by atoms with Gasteiger partial charge in [-0.1, -0.05) is 31.7 Å². The molecule has 0 aliphatic heterocycles. The molecule has 2 aromatic carbocycles. The minimum absolute atomic E-state index is 0.0638. The Bertz CT molecular complexity index is 1260. The lowest BCUT2D eigenvalue weighted by Gasteiger charge is -2.16. The largest absolute Gasteiger partial charge is 0.456 e. The van der Waals surface area contributed by atoms with E-state index in [1.807, 2.05) is 44.2 Å². The highest BCUT2D eigenvalue weighted by Gasteiger charge is 2.14. The summed E-state index contributed by atoms with van der Waals surface area (Å²) in [7, 11) is -1.97. The third-order valence-electron chi connectivity index (χ3n) is 4.72. The molecule has 1 N–H and O–H groups in total. The summed E-state index contributed by atoms with van der Waals surface area (Å²) in [4.78, 5) is 12.3. The Morgan fingerprint density at radius 2 is 1.87 bits per heavy atom. The Morgan fingerprint density at radius 1 is 1.13 bits per heavy atom. The zero-order chi connectivity index (χ0) is 21.9. The molecule has 0 aliphatic rings. The topological polar surface area (TPSA) is 77.4 Å². The number of pyridine rings is 1. The third kappa shape index (κ3) is 4.63. The van der Waals surface area contributed by atoms with Gasteiger partial charge in [0.25, 0.3) is 15.6 Å². The van der Waals surface area contributed by atoms with Gasteiger partial charge >= 0.3 is 0 Å². The molecule has 1 aromatic heterocycles. The van der Waals surface area contributed by atoms with Gasteiger partial charge < -0.3 is 9.30 Å². The molecule has 0 saturated carbocycles. The lowest BCUT2D eigenvalue weighted by Crippen LogP contribution is -2.20. The number of sulfonamides is 1. The zero-order valence-electron chi connectivity index (χ0n) is 17.2. The van der Waals surface area contributed by atoms with E-state index in [-0.39, 0.29) is 5.56 Å². The number of aryl methyl sites for hydroxylation is 3. The van der Waals surface area contributed by atoms with Crippen molar-refractivity contribution >= 4 is 15.7 Å². The fraction of sp³-hybridized carbons (Fsp3) is 0.174. The molecule has 3 rings (SSSR count). The molecule has 0 spiro atoms. The van der Waals surface area contributed by atoms with Crippen LogP contribution in [0.25, 0.3) is 11.1 Å². The van der Waals surface area contributed by atoms with Crippen LogP contribution in [0.15, 0.2) is 71.5 Å². The predicted molar refractivity (Wildman–Crippen MR) is 120 cm³/mol. The Morgan fingerprint density at radius 3 is 2.53 bits per heavy atom. The van der Waals surface area contributed by atoms with E-state index in [0.29, 0.717) is 34.7 Å². The van der Waals surface area contributed by atoms with E-state index in [1.165, 1.54) is 4.57 Å². The second-order valence-corrected chi connectivity index (χ2v) is 8.54. The van der Waals surface area contributed by atoms with Gasteiger partial charge in [0.15, 0.2) is 0 Å². The molecule has 7 heteroatoms. The Labute approximate surface area is 176 Å². The molecule has 0 atom stereocenters. The van der Waals surface area contributed by atoms with Gasteiger partial charge in [-0.25, -0.2) is 8.42 Å². The highest BCUT2D eigenvalue weighted by molar-refractivity contribution is 7.95. The minimum atomic E-state index is -3.66. The van der Waals surface area contributed by atoms with E-state index in [2.05, 4.69) is 11.3 Å². The van der Waals surface area contributed by atoms with Gasteiger partial charge in [-0.15, -0.1) is 0 Å². The van der Waals surface area contributed by atoms with Crippen LogP contribution in [-0.4, -0.2) is 13.0 Å². The van der Waals surface area contributed by atoms with E-state index in [1.54, 1.807) is 31.4 Å². The average Bonchev–Trinajstić information content (AvgIpc) is 2.72. The number of hydrogen-bond acceptors (Lipinski definition) is 4. The number of rotatable bonds is 7. The predicted octanol–water partition coefficient (Wildman–Crippen LogP) is 4.60. The van der Waals surface area contributed by atoms with Crippen molar-refractivity contribution in [3.8, 4) is 22.6 Å². The van der Waals surface area contributed by atoms with E-state index in [9.17, 15) is 13.2 Å². The maximum Gasteiger partial charge on any atom is 0.254 e. The number of aromatic nitrogens is 1. The van der Waals surface area contributed by atoms with Gasteiger partial charge in [0.05, 0.1) is 0 Å². The number of para-hydroxylation sites is 1. The van der Waals surface area contributed by atoms with Crippen LogP contribution in [0, 0.1) is 6.92 Å². The molecule has 0 bridgehead atoms. The second kappa shape index (κ2) is 8.59. The molecular weight excluding hydrogens is 400 g/mol. The zero-order valence-corrected chi connectivity index (χ0v) is 18.0. The second-order valence-electron chi connectivity index (χ2n) is 6.92. The summed E-state index contributed by atoms with van der Waals surface area (Å²) in [5.41, 5.74) is 3.34. The van der Waals surface area contributed by atoms with Gasteiger partial charge in [-0.05, 0) is 49.2 Å². The standard InChI is InChI=1S/C23H24N2O4S/c1-5-17-13-18(15-25(4)23(17)26)20-14-19(24-30(27,28)6-2)11-12-22(20)29-21-10-8-7-9-16(21)3/h6-15,24H,2,5H2,1,3-4H3. The summed E-state index contributed by atoms with van der Waals surface area (Å²) in [5.74, 6) is 1.24. The number of nitrogens with one attached hydrogen (secondary N) is 1. The van der Waals surface area contributed by atoms with Gasteiger partial charge in [0, 0.05) is 41.0 Å². The number of ether oxygens (including phenoxy) is 1. The molecule has 3 aromatic rings. The molecule has 0 unspecified atom stereocenters. The fourth-order valence-electron chi connectivity index (χ4n) is 3.08. The first-order valence-corrected chi connectivity index (χ1v) is 11.0. The van der Waals surface area contributed by atoms with E-state index in [4.69, 9.17) is 4.74 Å². The van der Waals surface area contributed by atoms with Crippen LogP contribution in [0.1, 0.15) is 18.1 Å². The maximum atomic E-state index is 12.3. The van der Waals surface area contributed by atoms with Gasteiger partial charge in [0.1, 0.15) is 11.5 Å². The Kier molecular flexibility index (Phi) is 6.12. The van der Waals surface area contributed by atoms with Crippen LogP contribution in [-0.2, 0) is 23.5 Å². The molecule has 156 valence electrons. The highest BCUT2D eigenvalue weighted by Crippen LogP contribution is 2.36. The number of hydrogen-bond donors (Lipinski definition) is 1. The summed E-state index contributed by atoms with van der Waals surface area (Å²) in [6, 6.07) is 14.5. The van der Waals surface area contributed by atoms with Crippen molar-refractivity contribution in [2.24, 2.45) is 7.05 Å². The van der Waals surface area contributed by atoms with Crippen molar-refractivity contribution in [2.75, 3.05) is 4.72 Å². The molecule has 0 amide bonds. The number of benzene rings is 2. The normalized spacial score (nSPS) is 11.2. The lowest BCUT2D eigenvalue weighted by molar-refractivity contribution is 0.480. The first-order valence-electron chi connectivity index (χ1n) is 9.46. The highest BCUT2D eigenvalue weighted by atomic mass is 32.2. The summed E-state index contributed by atoms with van der Waals surface area (Å²) in [6.45, 7) is 7.19. The van der Waals surface area contributed by atoms with Crippen LogP contribution in [0.4, 0.5) is 5.69 Å². The molecule has 0 radical (unpaired) electrons. The maximum absolute atomic E-state index is 12.3. The number of anilines is 1. The van der Waals surface area contributed by atoms with E-state index >= 15 is 0 Å². The lowest BCUT2D eigenvalue weighted by atomic mass is 10.0. The quantitative estimate of drug-likeness (QED) is 0.601. The van der Waals surface area contributed by atoms with E-state index in [0.717, 1.165) is 16.5 Å². The summed E-state index contributed by atoms with van der Waals surface area (Å²) in [6.07, 6.45) is 2.30. The van der Waals surface area contributed by atoms with Crippen molar-refractivity contribution in [2.45, 2.75) is 20.3 Å². The summed E-state index contributed by atoms with van der Waals surface area (Å²) in [5, 5.41) is 0.853. The molecule has 0 fully saturated rings. The van der Waals surface area contributed by atoms with Crippen LogP contribution < -0.4 is 15.0 Å². The van der Waals surface area contributed by atoms with Gasteiger partial charge in [-0.2, -0.15) is 0 Å². The molecular formula is C23H24N2O4S. The van der Waals surface area contributed by atoms with Crippen molar-refractivity contribution in [1.29, 1.82) is 0 Å². The Balaban J connectivity index is 2.18. The van der Waals surface area contributed by atoms with Gasteiger partial charge in [0.2, 0.25) is 0 Å². The number of nitrogens with zero attached hydrogens (tertiary/aromatic N) is 1. The summed E-state index contributed by atoms with van der Waals surface area (Å²) < 4.78 is 34.0. The molecule has 6 nitrogen and oxygen atoms in total. The van der Waals surface area contributed by atoms with Crippen LogP contribution in [0.5, 0.6) is 11.5 Å². The first kappa shape index (κ1) is 21.4. The van der Waals surface area contributed by atoms with Crippen molar-refractivity contribution < 1.29 is 13.2 Å². The molecule has 0 saturated heterocycles. The molecule has 0 aliphatic carbocycles. The summed E-state index contributed by atoms with van der Waals surface area (Å²) >= 11 is 0. The fourth-order valence-corrected chi connectivity index (χ4v) is 3.62. The smallest absolute Gasteiger partial charge is 0.254 e. The van der Waals surface area contributed by atoms with Crippen LogP contribution >= 0.6 is 0 Å². The minimum Gasteiger partial charge on any atom is -0.456 e. The van der Waals surface area contributed by atoms with Gasteiger partial charge in [-0.3, -0.25) is 9.52 Å².